The first-order chi connectivity index (χ1) is 14.0. The lowest BCUT2D eigenvalue weighted by Crippen LogP contribution is -2.28. The number of hydrogen-bond acceptors (Lipinski definition) is 3. The molecule has 1 N–H and O–H groups in total. The van der Waals surface area contributed by atoms with Crippen molar-refractivity contribution in [3.8, 4) is 5.75 Å². The van der Waals surface area contributed by atoms with Crippen LogP contribution in [0.5, 0.6) is 5.75 Å². The third kappa shape index (κ3) is 5.93. The smallest absolute Gasteiger partial charge is 0.262 e. The molecule has 3 rings (SSSR count). The summed E-state index contributed by atoms with van der Waals surface area (Å²) in [5.41, 5.74) is 1.93. The molecule has 0 unspecified atom stereocenters. The van der Waals surface area contributed by atoms with Gasteiger partial charge in [0, 0.05) is 18.1 Å². The fraction of sp³-hybridized carbons (Fsp3) is 0.130. The highest BCUT2D eigenvalue weighted by Crippen LogP contribution is 2.19. The van der Waals surface area contributed by atoms with Gasteiger partial charge in [0.1, 0.15) is 5.75 Å². The Kier molecular flexibility index (Phi) is 7.03. The van der Waals surface area contributed by atoms with Gasteiger partial charge in [-0.25, -0.2) is 0 Å². The molecule has 0 aliphatic rings. The molecule has 0 aliphatic carbocycles. The molecule has 0 bridgehead atoms. The van der Waals surface area contributed by atoms with Crippen LogP contribution in [-0.4, -0.2) is 30.4 Å². The average molecular weight is 453 g/mol. The van der Waals surface area contributed by atoms with Crippen LogP contribution in [0.15, 0.2) is 83.3 Å². The Morgan fingerprint density at radius 1 is 0.931 bits per heavy atom. The van der Waals surface area contributed by atoms with Gasteiger partial charge in [0.25, 0.3) is 11.8 Å². The molecule has 0 atom stereocenters. The molecule has 5 nitrogen and oxygen atoms in total. The maximum atomic E-state index is 12.9. The van der Waals surface area contributed by atoms with Crippen molar-refractivity contribution in [1.82, 2.24) is 4.90 Å². The van der Waals surface area contributed by atoms with Crippen LogP contribution in [0.4, 0.5) is 5.69 Å². The summed E-state index contributed by atoms with van der Waals surface area (Å²) in [4.78, 5) is 26.8. The largest absolute Gasteiger partial charge is 0.484 e. The number of rotatable bonds is 7. The SMILES string of the molecule is CN(Cc1ccccc1)C(=O)c1ccccc1NC(=O)COc1ccc(Br)cc1. The maximum absolute atomic E-state index is 12.9. The molecule has 0 aromatic heterocycles. The number of carbonyl (C=O) groups is 2. The molecule has 0 aliphatic heterocycles. The summed E-state index contributed by atoms with van der Waals surface area (Å²) in [5, 5.41) is 2.77. The molecule has 2 amide bonds. The topological polar surface area (TPSA) is 58.6 Å². The molecule has 0 heterocycles. The Bertz CT molecular complexity index is 975. The third-order valence-electron chi connectivity index (χ3n) is 4.22. The van der Waals surface area contributed by atoms with E-state index in [4.69, 9.17) is 4.74 Å². The number of para-hydroxylation sites is 1. The number of halogens is 1. The standard InChI is InChI=1S/C23H21BrN2O3/c1-26(15-17-7-3-2-4-8-17)23(28)20-9-5-6-10-21(20)25-22(27)16-29-19-13-11-18(24)12-14-19/h2-14H,15-16H2,1H3,(H,25,27). The molecular weight excluding hydrogens is 432 g/mol. The average Bonchev–Trinajstić information content (AvgIpc) is 2.74. The van der Waals surface area contributed by atoms with Crippen LogP contribution in [0, 0.1) is 0 Å². The van der Waals surface area contributed by atoms with Crippen molar-refractivity contribution in [2.45, 2.75) is 6.54 Å². The molecule has 6 heteroatoms. The predicted molar refractivity (Wildman–Crippen MR) is 117 cm³/mol. The van der Waals surface area contributed by atoms with Crippen molar-refractivity contribution >= 4 is 33.4 Å². The second-order valence-electron chi connectivity index (χ2n) is 6.48. The lowest BCUT2D eigenvalue weighted by Gasteiger charge is -2.19. The van der Waals surface area contributed by atoms with Gasteiger partial charge in [0.05, 0.1) is 11.3 Å². The Morgan fingerprint density at radius 3 is 2.31 bits per heavy atom. The Labute approximate surface area is 178 Å². The molecule has 0 saturated heterocycles. The number of ether oxygens (including phenoxy) is 1. The van der Waals surface area contributed by atoms with Gasteiger partial charge < -0.3 is 15.0 Å². The first kappa shape index (κ1) is 20.6. The van der Waals surface area contributed by atoms with Gasteiger partial charge in [-0.1, -0.05) is 58.4 Å². The van der Waals surface area contributed by atoms with Crippen LogP contribution in [0.3, 0.4) is 0 Å². The van der Waals surface area contributed by atoms with Crippen LogP contribution >= 0.6 is 15.9 Å². The number of anilines is 1. The molecule has 3 aromatic carbocycles. The van der Waals surface area contributed by atoms with E-state index in [2.05, 4.69) is 21.2 Å². The van der Waals surface area contributed by atoms with E-state index in [9.17, 15) is 9.59 Å². The lowest BCUT2D eigenvalue weighted by atomic mass is 10.1. The number of carbonyl (C=O) groups excluding carboxylic acids is 2. The monoisotopic (exact) mass is 452 g/mol. The van der Waals surface area contributed by atoms with E-state index in [-0.39, 0.29) is 18.4 Å². The van der Waals surface area contributed by atoms with E-state index in [1.807, 2.05) is 42.5 Å². The third-order valence-corrected chi connectivity index (χ3v) is 4.75. The highest BCUT2D eigenvalue weighted by Gasteiger charge is 2.17. The highest BCUT2D eigenvalue weighted by atomic mass is 79.9. The van der Waals surface area contributed by atoms with Crippen molar-refractivity contribution in [2.24, 2.45) is 0 Å². The predicted octanol–water partition coefficient (Wildman–Crippen LogP) is 4.74. The van der Waals surface area contributed by atoms with Gasteiger partial charge in [-0.15, -0.1) is 0 Å². The van der Waals surface area contributed by atoms with E-state index in [0.717, 1.165) is 10.0 Å². The van der Waals surface area contributed by atoms with Crippen LogP contribution in [0.25, 0.3) is 0 Å². The first-order valence-corrected chi connectivity index (χ1v) is 9.89. The van der Waals surface area contributed by atoms with E-state index in [1.165, 1.54) is 0 Å². The molecule has 29 heavy (non-hydrogen) atoms. The molecular formula is C23H21BrN2O3. The fourth-order valence-corrected chi connectivity index (χ4v) is 3.04. The van der Waals surface area contributed by atoms with E-state index in [0.29, 0.717) is 23.5 Å². The lowest BCUT2D eigenvalue weighted by molar-refractivity contribution is -0.118. The van der Waals surface area contributed by atoms with Crippen LogP contribution in [0.2, 0.25) is 0 Å². The number of benzene rings is 3. The summed E-state index contributed by atoms with van der Waals surface area (Å²) >= 11 is 3.35. The molecule has 0 fully saturated rings. The van der Waals surface area contributed by atoms with Gasteiger partial charge in [-0.2, -0.15) is 0 Å². The number of nitrogens with zero attached hydrogens (tertiary/aromatic N) is 1. The zero-order valence-corrected chi connectivity index (χ0v) is 17.6. The molecule has 0 saturated carbocycles. The van der Waals surface area contributed by atoms with Crippen molar-refractivity contribution in [3.63, 3.8) is 0 Å². The summed E-state index contributed by atoms with van der Waals surface area (Å²) < 4.78 is 6.43. The second-order valence-corrected chi connectivity index (χ2v) is 7.40. The second kappa shape index (κ2) is 9.89. The molecule has 3 aromatic rings. The summed E-state index contributed by atoms with van der Waals surface area (Å²) in [6.07, 6.45) is 0. The normalized spacial score (nSPS) is 10.3. The van der Waals surface area contributed by atoms with Crippen LogP contribution in [-0.2, 0) is 11.3 Å². The van der Waals surface area contributed by atoms with Crippen molar-refractivity contribution in [2.75, 3.05) is 19.0 Å². The van der Waals surface area contributed by atoms with Gasteiger partial charge in [0.2, 0.25) is 0 Å². The summed E-state index contributed by atoms with van der Waals surface area (Å²) in [6.45, 7) is 0.332. The minimum atomic E-state index is -0.334. The quantitative estimate of drug-likeness (QED) is 0.563. The maximum Gasteiger partial charge on any atom is 0.262 e. The van der Waals surface area contributed by atoms with Crippen molar-refractivity contribution in [3.05, 3.63) is 94.5 Å². The molecule has 148 valence electrons. The van der Waals surface area contributed by atoms with Crippen LogP contribution in [0.1, 0.15) is 15.9 Å². The number of hydrogen-bond donors (Lipinski definition) is 1. The van der Waals surface area contributed by atoms with Crippen LogP contribution < -0.4 is 10.1 Å². The summed E-state index contributed by atoms with van der Waals surface area (Å²) in [5.74, 6) is 0.0905. The number of amides is 2. The van der Waals surface area contributed by atoms with Gasteiger partial charge in [-0.05, 0) is 42.0 Å². The Balaban J connectivity index is 1.63. The van der Waals surface area contributed by atoms with E-state index < -0.39 is 0 Å². The van der Waals surface area contributed by atoms with E-state index in [1.54, 1.807) is 48.3 Å². The molecule has 0 radical (unpaired) electrons. The number of nitrogens with one attached hydrogen (secondary N) is 1. The van der Waals surface area contributed by atoms with Gasteiger partial charge >= 0.3 is 0 Å². The summed E-state index contributed by atoms with van der Waals surface area (Å²) in [7, 11) is 1.74. The molecule has 0 spiro atoms. The van der Waals surface area contributed by atoms with Crippen molar-refractivity contribution in [1.29, 1.82) is 0 Å². The van der Waals surface area contributed by atoms with Gasteiger partial charge in [-0.3, -0.25) is 9.59 Å². The van der Waals surface area contributed by atoms with Crippen molar-refractivity contribution < 1.29 is 14.3 Å². The first-order valence-electron chi connectivity index (χ1n) is 9.09. The Morgan fingerprint density at radius 2 is 1.59 bits per heavy atom. The fourth-order valence-electron chi connectivity index (χ4n) is 2.78. The van der Waals surface area contributed by atoms with E-state index >= 15 is 0 Å². The zero-order chi connectivity index (χ0) is 20.6. The van der Waals surface area contributed by atoms with Gasteiger partial charge in [0.15, 0.2) is 6.61 Å². The zero-order valence-electron chi connectivity index (χ0n) is 16.0. The minimum absolute atomic E-state index is 0.149. The highest BCUT2D eigenvalue weighted by molar-refractivity contribution is 9.10. The Hall–Kier alpha value is -3.12. The minimum Gasteiger partial charge on any atom is -0.484 e. The summed E-state index contributed by atoms with van der Waals surface area (Å²) in [6, 6.07) is 23.9.